The summed E-state index contributed by atoms with van der Waals surface area (Å²) in [6.45, 7) is 8.48. The van der Waals surface area contributed by atoms with Crippen LogP contribution in [0, 0.1) is 12.2 Å². The molecular weight excluding hydrogens is 216 g/mol. The molecule has 0 radical (unpaired) electrons. The van der Waals surface area contributed by atoms with Crippen molar-refractivity contribution in [2.45, 2.75) is 40.5 Å². The third-order valence-electron chi connectivity index (χ3n) is 2.73. The van der Waals surface area contributed by atoms with E-state index < -0.39 is 0 Å². The van der Waals surface area contributed by atoms with Crippen molar-refractivity contribution in [1.82, 2.24) is 0 Å². The molecule has 0 heterocycles. The predicted molar refractivity (Wildman–Crippen MR) is 61.6 cm³/mol. The van der Waals surface area contributed by atoms with Crippen LogP contribution in [0.25, 0.3) is 0 Å². The molecule has 0 unspecified atom stereocenters. The summed E-state index contributed by atoms with van der Waals surface area (Å²) in [6, 6.07) is 0. The molecule has 0 fully saturated rings. The zero-order chi connectivity index (χ0) is 10.6. The van der Waals surface area contributed by atoms with Gasteiger partial charge in [-0.25, -0.2) is 22.3 Å². The topological polar surface area (TPSA) is 0 Å². The van der Waals surface area contributed by atoms with Crippen molar-refractivity contribution < 1.29 is 21.7 Å². The molecule has 0 saturated heterocycles. The number of hydrogen-bond donors (Lipinski definition) is 0. The van der Waals surface area contributed by atoms with Crippen molar-refractivity contribution in [1.29, 1.82) is 0 Å². The smallest absolute Gasteiger partial charge is 0.253 e. The van der Waals surface area contributed by atoms with E-state index in [9.17, 15) is 0 Å². The van der Waals surface area contributed by atoms with E-state index in [2.05, 4.69) is 52.0 Å². The van der Waals surface area contributed by atoms with Gasteiger partial charge in [0.25, 0.3) is 0 Å². The molecule has 0 bridgehead atoms. The van der Waals surface area contributed by atoms with Crippen LogP contribution in [-0.2, 0) is 21.7 Å². The number of rotatable bonds is 0. The van der Waals surface area contributed by atoms with Gasteiger partial charge in [0.2, 0.25) is 0 Å². The molecule has 0 amide bonds. The third kappa shape index (κ3) is 4.81. The summed E-state index contributed by atoms with van der Waals surface area (Å²) < 4.78 is 0. The first-order chi connectivity index (χ1) is 6.61. The second kappa shape index (κ2) is 7.03. The van der Waals surface area contributed by atoms with Crippen molar-refractivity contribution in [3.8, 4) is 0 Å². The van der Waals surface area contributed by atoms with E-state index in [1.165, 1.54) is 22.3 Å². The molecule has 15 heavy (non-hydrogen) atoms. The summed E-state index contributed by atoms with van der Waals surface area (Å²) >= 11 is 0. The van der Waals surface area contributed by atoms with E-state index in [1.54, 1.807) is 0 Å². The van der Waals surface area contributed by atoms with Gasteiger partial charge in [-0.2, -0.15) is 12.2 Å². The Morgan fingerprint density at radius 1 is 0.800 bits per heavy atom. The Morgan fingerprint density at radius 3 is 1.20 bits per heavy atom. The summed E-state index contributed by atoms with van der Waals surface area (Å²) in [5, 5.41) is 0. The molecular formula is C14H18Ti. The van der Waals surface area contributed by atoms with Crippen LogP contribution >= 0.6 is 0 Å². The largest absolute Gasteiger partial charge is 2.00 e. The summed E-state index contributed by atoms with van der Waals surface area (Å²) in [5.74, 6) is 0. The first-order valence-electron chi connectivity index (χ1n) is 5.10. The number of hydrogen-bond acceptors (Lipinski definition) is 0. The van der Waals surface area contributed by atoms with E-state index in [4.69, 9.17) is 0 Å². The minimum Gasteiger partial charge on any atom is -0.253 e. The molecule has 0 saturated carbocycles. The molecule has 0 aromatic heterocycles. The van der Waals surface area contributed by atoms with Crippen LogP contribution in [0.4, 0.5) is 0 Å². The van der Waals surface area contributed by atoms with Crippen LogP contribution < -0.4 is 0 Å². The normalized spacial score (nSPS) is 17.9. The van der Waals surface area contributed by atoms with Crippen LogP contribution in [0.15, 0.2) is 34.4 Å². The zero-order valence-electron chi connectivity index (χ0n) is 10.1. The number of allylic oxidation sites excluding steroid dienone is 8. The predicted octanol–water partition coefficient (Wildman–Crippen LogP) is 4.17. The van der Waals surface area contributed by atoms with Gasteiger partial charge in [0.1, 0.15) is 0 Å². The van der Waals surface area contributed by atoms with Crippen molar-refractivity contribution in [2.24, 2.45) is 0 Å². The van der Waals surface area contributed by atoms with Gasteiger partial charge in [-0.1, -0.05) is 26.7 Å². The minimum absolute atomic E-state index is 0. The summed E-state index contributed by atoms with van der Waals surface area (Å²) in [7, 11) is 0. The standard InChI is InChI=1S/2C7H9.Ti/c2*1-6-4-3-5-7(6)2;/h2*3H,4H2,1-2H3;/q2*-1;+2. The molecule has 0 spiro atoms. The fourth-order valence-electron chi connectivity index (χ4n) is 1.27. The Morgan fingerprint density at radius 2 is 1.13 bits per heavy atom. The van der Waals surface area contributed by atoms with Crippen molar-refractivity contribution in [3.05, 3.63) is 46.6 Å². The van der Waals surface area contributed by atoms with Gasteiger partial charge >= 0.3 is 21.7 Å². The monoisotopic (exact) mass is 234 g/mol. The van der Waals surface area contributed by atoms with E-state index in [0.29, 0.717) is 0 Å². The zero-order valence-corrected chi connectivity index (χ0v) is 11.6. The SMILES string of the molecule is CC1=C(C)CC=[C-]1.CC1=C(C)CC=[C-]1.[Ti+2]. The van der Waals surface area contributed by atoms with E-state index in [-0.39, 0.29) is 21.7 Å². The Hall–Kier alpha value is -0.326. The van der Waals surface area contributed by atoms with E-state index in [1.807, 2.05) is 0 Å². The van der Waals surface area contributed by atoms with E-state index >= 15 is 0 Å². The van der Waals surface area contributed by atoms with Crippen LogP contribution in [-0.4, -0.2) is 0 Å². The summed E-state index contributed by atoms with van der Waals surface area (Å²) in [4.78, 5) is 0. The van der Waals surface area contributed by atoms with Gasteiger partial charge in [-0.15, -0.1) is 13.8 Å². The van der Waals surface area contributed by atoms with Gasteiger partial charge in [0, 0.05) is 0 Å². The molecule has 1 heteroatoms. The molecule has 0 aliphatic heterocycles. The second-order valence-corrected chi connectivity index (χ2v) is 3.92. The Labute approximate surface area is 109 Å². The maximum absolute atomic E-state index is 3.12. The van der Waals surface area contributed by atoms with Crippen molar-refractivity contribution in [3.63, 3.8) is 0 Å². The fourth-order valence-corrected chi connectivity index (χ4v) is 1.27. The van der Waals surface area contributed by atoms with Crippen molar-refractivity contribution in [2.75, 3.05) is 0 Å². The first kappa shape index (κ1) is 14.7. The second-order valence-electron chi connectivity index (χ2n) is 3.92. The van der Waals surface area contributed by atoms with Gasteiger partial charge in [0.05, 0.1) is 0 Å². The molecule has 0 aromatic carbocycles. The molecule has 0 aromatic rings. The molecule has 78 valence electrons. The van der Waals surface area contributed by atoms with Gasteiger partial charge in [-0.05, 0) is 0 Å². The Bertz CT molecular complexity index is 293. The van der Waals surface area contributed by atoms with Gasteiger partial charge in [0.15, 0.2) is 0 Å². The molecule has 0 N–H and O–H groups in total. The molecule has 0 nitrogen and oxygen atoms in total. The van der Waals surface area contributed by atoms with E-state index in [0.717, 1.165) is 12.8 Å². The summed E-state index contributed by atoms with van der Waals surface area (Å²) in [5.41, 5.74) is 5.56. The average molecular weight is 234 g/mol. The van der Waals surface area contributed by atoms with Crippen LogP contribution in [0.5, 0.6) is 0 Å². The maximum atomic E-state index is 3.12. The third-order valence-corrected chi connectivity index (χ3v) is 2.73. The van der Waals surface area contributed by atoms with Crippen molar-refractivity contribution >= 4 is 0 Å². The van der Waals surface area contributed by atoms with Crippen LogP contribution in [0.2, 0.25) is 0 Å². The van der Waals surface area contributed by atoms with Gasteiger partial charge < -0.3 is 0 Å². The van der Waals surface area contributed by atoms with Gasteiger partial charge in [-0.3, -0.25) is 12.2 Å². The Kier molecular flexibility index (Phi) is 6.88. The molecule has 2 aliphatic rings. The molecule has 2 rings (SSSR count). The maximum Gasteiger partial charge on any atom is 2.00 e. The van der Waals surface area contributed by atoms with Crippen LogP contribution in [0.1, 0.15) is 40.5 Å². The minimum atomic E-state index is 0. The first-order valence-corrected chi connectivity index (χ1v) is 5.10. The fraction of sp³-hybridized carbons (Fsp3) is 0.429. The average Bonchev–Trinajstić information content (AvgIpc) is 2.67. The quantitative estimate of drug-likeness (QED) is 0.436. The molecule has 2 aliphatic carbocycles. The van der Waals surface area contributed by atoms with Crippen LogP contribution in [0.3, 0.4) is 0 Å². The Balaban J connectivity index is 0.000000245. The summed E-state index contributed by atoms with van der Waals surface area (Å²) in [6.07, 6.45) is 12.6. The molecule has 0 atom stereocenters.